The summed E-state index contributed by atoms with van der Waals surface area (Å²) in [7, 11) is 3.09. The zero-order chi connectivity index (χ0) is 22.2. The molecule has 3 rings (SSSR count). The molecule has 0 saturated heterocycles. The molecule has 1 aromatic carbocycles. The first-order valence-corrected chi connectivity index (χ1v) is 11.2. The third-order valence-corrected chi connectivity index (χ3v) is 5.28. The fraction of sp³-hybridized carbons (Fsp3) is 0.429. The van der Waals surface area contributed by atoms with Gasteiger partial charge in [-0.2, -0.15) is 5.10 Å². The number of nitrogens with one attached hydrogen (secondary N) is 2. The first kappa shape index (κ1) is 22.7. The van der Waals surface area contributed by atoms with Crippen molar-refractivity contribution < 1.29 is 14.3 Å². The van der Waals surface area contributed by atoms with Crippen molar-refractivity contribution in [2.24, 2.45) is 0 Å². The van der Waals surface area contributed by atoms with Gasteiger partial charge in [-0.25, -0.2) is 14.6 Å². The fourth-order valence-corrected chi connectivity index (χ4v) is 3.59. The van der Waals surface area contributed by atoms with Crippen LogP contribution in [0.4, 0.5) is 5.82 Å². The number of thioether (sulfide) groups is 1. The standard InChI is InChI=1S/C21H28N6O3S/c1-5-9-22-18-16-13-24-27(19(16)26-21(25-18)31-6-2)11-10-23-20(28)15-8-7-14(29-3)12-17(15)30-4/h7-8,12-13H,5-6,9-11H2,1-4H3,(H,23,28)(H,22,25,26). The lowest BCUT2D eigenvalue weighted by atomic mass is 10.1. The first-order chi connectivity index (χ1) is 15.1. The van der Waals surface area contributed by atoms with Crippen molar-refractivity contribution in [3.05, 3.63) is 30.0 Å². The minimum atomic E-state index is -0.224. The van der Waals surface area contributed by atoms with Crippen LogP contribution in [0, 0.1) is 0 Å². The average Bonchev–Trinajstić information content (AvgIpc) is 3.20. The Morgan fingerprint density at radius 3 is 2.71 bits per heavy atom. The molecule has 0 saturated carbocycles. The number of carbonyl (C=O) groups is 1. The predicted octanol–water partition coefficient (Wildman–Crippen LogP) is 3.21. The molecule has 0 aliphatic heterocycles. The molecule has 3 aromatic rings. The van der Waals surface area contributed by atoms with Gasteiger partial charge in [-0.05, 0) is 24.3 Å². The number of methoxy groups -OCH3 is 2. The number of hydrogen-bond acceptors (Lipinski definition) is 8. The quantitative estimate of drug-likeness (QED) is 0.343. The Bertz CT molecular complexity index is 1040. The number of carbonyl (C=O) groups excluding carboxylic acids is 1. The number of anilines is 1. The molecule has 0 unspecified atom stereocenters. The second kappa shape index (κ2) is 10.9. The molecule has 1 amide bonds. The van der Waals surface area contributed by atoms with Gasteiger partial charge in [0.15, 0.2) is 10.8 Å². The monoisotopic (exact) mass is 444 g/mol. The van der Waals surface area contributed by atoms with Crippen molar-refractivity contribution in [2.45, 2.75) is 32.0 Å². The number of aromatic nitrogens is 4. The largest absolute Gasteiger partial charge is 0.497 e. The summed E-state index contributed by atoms with van der Waals surface area (Å²) in [5.41, 5.74) is 1.20. The van der Waals surface area contributed by atoms with Crippen molar-refractivity contribution in [1.29, 1.82) is 0 Å². The smallest absolute Gasteiger partial charge is 0.255 e. The predicted molar refractivity (Wildman–Crippen MR) is 122 cm³/mol. The number of ether oxygens (including phenoxy) is 2. The minimum absolute atomic E-state index is 0.224. The zero-order valence-electron chi connectivity index (χ0n) is 18.3. The maximum Gasteiger partial charge on any atom is 0.255 e. The van der Waals surface area contributed by atoms with Crippen LogP contribution in [0.2, 0.25) is 0 Å². The van der Waals surface area contributed by atoms with E-state index in [1.165, 1.54) is 7.11 Å². The summed E-state index contributed by atoms with van der Waals surface area (Å²) in [6.45, 7) is 5.87. The van der Waals surface area contributed by atoms with Crippen LogP contribution in [-0.4, -0.2) is 58.7 Å². The third-order valence-electron chi connectivity index (χ3n) is 4.55. The normalized spacial score (nSPS) is 10.8. The highest BCUT2D eigenvalue weighted by Crippen LogP contribution is 2.25. The molecule has 0 radical (unpaired) electrons. The van der Waals surface area contributed by atoms with Gasteiger partial charge in [-0.3, -0.25) is 4.79 Å². The second-order valence-electron chi connectivity index (χ2n) is 6.64. The summed E-state index contributed by atoms with van der Waals surface area (Å²) in [6.07, 6.45) is 2.76. The number of rotatable bonds is 11. The minimum Gasteiger partial charge on any atom is -0.497 e. The maximum absolute atomic E-state index is 12.6. The van der Waals surface area contributed by atoms with Crippen LogP contribution in [0.3, 0.4) is 0 Å². The van der Waals surface area contributed by atoms with Crippen LogP contribution >= 0.6 is 11.8 Å². The van der Waals surface area contributed by atoms with Crippen LogP contribution in [0.5, 0.6) is 11.5 Å². The second-order valence-corrected chi connectivity index (χ2v) is 7.87. The lowest BCUT2D eigenvalue weighted by Gasteiger charge is -2.11. The van der Waals surface area contributed by atoms with Gasteiger partial charge < -0.3 is 20.1 Å². The summed E-state index contributed by atoms with van der Waals surface area (Å²) < 4.78 is 12.3. The number of fused-ring (bicyclic) bond motifs is 1. The van der Waals surface area contributed by atoms with Crippen LogP contribution in [0.15, 0.2) is 29.6 Å². The molecular weight excluding hydrogens is 416 g/mol. The molecule has 0 bridgehead atoms. The summed E-state index contributed by atoms with van der Waals surface area (Å²) in [6, 6.07) is 5.10. The van der Waals surface area contributed by atoms with E-state index in [0.29, 0.717) is 35.3 Å². The van der Waals surface area contributed by atoms with Crippen molar-refractivity contribution in [3.8, 4) is 11.5 Å². The van der Waals surface area contributed by atoms with Crippen LogP contribution < -0.4 is 20.1 Å². The van der Waals surface area contributed by atoms with Gasteiger partial charge >= 0.3 is 0 Å². The SMILES string of the molecule is CCCNc1nc(SCC)nc2c1cnn2CCNC(=O)c1ccc(OC)cc1OC. The van der Waals surface area contributed by atoms with Crippen molar-refractivity contribution >= 4 is 34.5 Å². The number of benzene rings is 1. The van der Waals surface area contributed by atoms with Gasteiger partial charge in [0.2, 0.25) is 0 Å². The van der Waals surface area contributed by atoms with Crippen molar-refractivity contribution in [1.82, 2.24) is 25.1 Å². The van der Waals surface area contributed by atoms with E-state index in [4.69, 9.17) is 9.47 Å². The number of hydrogen-bond donors (Lipinski definition) is 2. The lowest BCUT2D eigenvalue weighted by Crippen LogP contribution is -2.28. The van der Waals surface area contributed by atoms with E-state index in [9.17, 15) is 4.79 Å². The van der Waals surface area contributed by atoms with Crippen molar-refractivity contribution in [2.75, 3.05) is 38.4 Å². The summed E-state index contributed by atoms with van der Waals surface area (Å²) >= 11 is 1.59. The van der Waals surface area contributed by atoms with E-state index >= 15 is 0 Å². The molecule has 0 aliphatic rings. The molecule has 0 atom stereocenters. The Kier molecular flexibility index (Phi) is 7.94. The van der Waals surface area contributed by atoms with Crippen LogP contribution in [-0.2, 0) is 6.54 Å². The topological polar surface area (TPSA) is 103 Å². The fourth-order valence-electron chi connectivity index (χ4n) is 3.03. The van der Waals surface area contributed by atoms with E-state index in [0.717, 1.165) is 35.6 Å². The molecule has 10 heteroatoms. The van der Waals surface area contributed by atoms with E-state index < -0.39 is 0 Å². The Morgan fingerprint density at radius 1 is 1.16 bits per heavy atom. The molecule has 0 fully saturated rings. The highest BCUT2D eigenvalue weighted by Gasteiger charge is 2.15. The third kappa shape index (κ3) is 5.38. The summed E-state index contributed by atoms with van der Waals surface area (Å²) in [4.78, 5) is 21.9. The van der Waals surface area contributed by atoms with E-state index in [1.807, 2.05) is 0 Å². The molecule has 166 valence electrons. The van der Waals surface area contributed by atoms with Gasteiger partial charge in [0, 0.05) is 19.2 Å². The van der Waals surface area contributed by atoms with E-state index in [2.05, 4.69) is 39.5 Å². The van der Waals surface area contributed by atoms with Gasteiger partial charge in [0.1, 0.15) is 17.3 Å². The summed E-state index contributed by atoms with van der Waals surface area (Å²) in [5.74, 6) is 2.54. The summed E-state index contributed by atoms with van der Waals surface area (Å²) in [5, 5.41) is 12.3. The van der Waals surface area contributed by atoms with Gasteiger partial charge in [0.05, 0.1) is 37.9 Å². The van der Waals surface area contributed by atoms with Gasteiger partial charge in [-0.15, -0.1) is 0 Å². The molecular formula is C21H28N6O3S. The molecule has 0 aliphatic carbocycles. The molecule has 2 N–H and O–H groups in total. The maximum atomic E-state index is 12.6. The Morgan fingerprint density at radius 2 is 2.00 bits per heavy atom. The number of amides is 1. The Balaban J connectivity index is 1.73. The van der Waals surface area contributed by atoms with Crippen LogP contribution in [0.1, 0.15) is 30.6 Å². The average molecular weight is 445 g/mol. The Labute approximate surface area is 185 Å². The van der Waals surface area contributed by atoms with Gasteiger partial charge in [0.25, 0.3) is 5.91 Å². The highest BCUT2D eigenvalue weighted by molar-refractivity contribution is 7.99. The van der Waals surface area contributed by atoms with E-state index in [-0.39, 0.29) is 5.91 Å². The molecule has 31 heavy (non-hydrogen) atoms. The van der Waals surface area contributed by atoms with E-state index in [1.54, 1.807) is 47.9 Å². The molecule has 2 heterocycles. The van der Waals surface area contributed by atoms with Gasteiger partial charge in [-0.1, -0.05) is 25.6 Å². The molecule has 0 spiro atoms. The number of nitrogens with zero attached hydrogens (tertiary/aromatic N) is 4. The lowest BCUT2D eigenvalue weighted by molar-refractivity contribution is 0.0949. The van der Waals surface area contributed by atoms with Crippen LogP contribution in [0.25, 0.3) is 11.0 Å². The molecule has 9 nitrogen and oxygen atoms in total. The molecule has 2 aromatic heterocycles. The first-order valence-electron chi connectivity index (χ1n) is 10.2. The zero-order valence-corrected chi connectivity index (χ0v) is 19.1. The highest BCUT2D eigenvalue weighted by atomic mass is 32.2. The Hall–Kier alpha value is -3.01. The van der Waals surface area contributed by atoms with Crippen molar-refractivity contribution in [3.63, 3.8) is 0 Å².